The highest BCUT2D eigenvalue weighted by atomic mass is 35.5. The summed E-state index contributed by atoms with van der Waals surface area (Å²) in [5.41, 5.74) is 9.07. The summed E-state index contributed by atoms with van der Waals surface area (Å²) >= 11 is 0. The molecule has 2 aromatic heterocycles. The Morgan fingerprint density at radius 1 is 1.26 bits per heavy atom. The lowest BCUT2D eigenvalue weighted by molar-refractivity contribution is -0.132. The predicted octanol–water partition coefficient (Wildman–Crippen LogP) is 1.85. The topological polar surface area (TPSA) is 97.0 Å². The number of aromatic nitrogens is 3. The zero-order valence-electron chi connectivity index (χ0n) is 16.1. The summed E-state index contributed by atoms with van der Waals surface area (Å²) in [6.07, 6.45) is 3.05. The van der Waals surface area contributed by atoms with Crippen molar-refractivity contribution in [1.29, 1.82) is 0 Å². The standard InChI is InChI=1S/C18H27N5O2.2ClH/c1-11-14(12(2)20-17-16(11)18(25)21-22(17)3)4-5-15(24)23-8-6-13(10-19)7-9-23;;/h13H,4-10,19H2,1-3H3,(H,21,25);2*1H. The van der Waals surface area contributed by atoms with E-state index in [2.05, 4.69) is 10.1 Å². The van der Waals surface area contributed by atoms with E-state index in [1.54, 1.807) is 11.7 Å². The average Bonchev–Trinajstić information content (AvgIpc) is 2.88. The molecule has 7 nitrogen and oxygen atoms in total. The number of pyridine rings is 1. The molecule has 9 heteroatoms. The van der Waals surface area contributed by atoms with E-state index in [4.69, 9.17) is 5.73 Å². The molecule has 27 heavy (non-hydrogen) atoms. The molecule has 0 spiro atoms. The monoisotopic (exact) mass is 417 g/mol. The molecule has 2 aromatic rings. The van der Waals surface area contributed by atoms with Crippen LogP contribution in [-0.4, -0.2) is 45.2 Å². The maximum absolute atomic E-state index is 12.5. The van der Waals surface area contributed by atoms with Crippen LogP contribution in [0.25, 0.3) is 11.0 Å². The van der Waals surface area contributed by atoms with Gasteiger partial charge < -0.3 is 10.6 Å². The zero-order valence-corrected chi connectivity index (χ0v) is 17.7. The van der Waals surface area contributed by atoms with Crippen molar-refractivity contribution < 1.29 is 4.79 Å². The van der Waals surface area contributed by atoms with Crippen molar-refractivity contribution in [3.63, 3.8) is 0 Å². The number of hydrogen-bond acceptors (Lipinski definition) is 4. The molecule has 0 aromatic carbocycles. The number of nitrogens with two attached hydrogens (primary N) is 1. The molecule has 0 saturated carbocycles. The molecule has 1 fully saturated rings. The largest absolute Gasteiger partial charge is 0.343 e. The maximum atomic E-state index is 12.5. The highest BCUT2D eigenvalue weighted by Gasteiger charge is 2.22. The van der Waals surface area contributed by atoms with Crippen LogP contribution in [0.1, 0.15) is 36.1 Å². The first-order valence-corrected chi connectivity index (χ1v) is 8.95. The van der Waals surface area contributed by atoms with Crippen molar-refractivity contribution >= 4 is 41.8 Å². The summed E-state index contributed by atoms with van der Waals surface area (Å²) in [4.78, 5) is 31.2. The van der Waals surface area contributed by atoms with E-state index in [1.807, 2.05) is 18.7 Å². The van der Waals surface area contributed by atoms with Gasteiger partial charge >= 0.3 is 0 Å². The van der Waals surface area contributed by atoms with Crippen LogP contribution < -0.4 is 11.3 Å². The van der Waals surface area contributed by atoms with E-state index in [9.17, 15) is 9.59 Å². The molecule has 3 heterocycles. The van der Waals surface area contributed by atoms with E-state index in [1.165, 1.54) is 0 Å². The second-order valence-electron chi connectivity index (χ2n) is 7.06. The number of aromatic amines is 1. The first-order chi connectivity index (χ1) is 11.9. The number of aryl methyl sites for hydroxylation is 3. The fraction of sp³-hybridized carbons (Fsp3) is 0.611. The molecule has 1 amide bonds. The van der Waals surface area contributed by atoms with Gasteiger partial charge in [0.15, 0.2) is 5.65 Å². The van der Waals surface area contributed by atoms with E-state index >= 15 is 0 Å². The molecule has 0 atom stereocenters. The van der Waals surface area contributed by atoms with E-state index < -0.39 is 0 Å². The van der Waals surface area contributed by atoms with Crippen molar-refractivity contribution in [2.24, 2.45) is 18.7 Å². The quantitative estimate of drug-likeness (QED) is 0.792. The Hall–Kier alpha value is -1.57. The van der Waals surface area contributed by atoms with Gasteiger partial charge in [-0.15, -0.1) is 24.8 Å². The first-order valence-electron chi connectivity index (χ1n) is 8.95. The van der Waals surface area contributed by atoms with Crippen molar-refractivity contribution in [2.75, 3.05) is 19.6 Å². The SMILES string of the molecule is Cc1nc2c(c(C)c1CCC(=O)N1CCC(CN)CC1)c(=O)[nH]n2C.Cl.Cl. The number of carbonyl (C=O) groups excluding carboxylic acids is 1. The van der Waals surface area contributed by atoms with Crippen LogP contribution in [0.15, 0.2) is 4.79 Å². The summed E-state index contributed by atoms with van der Waals surface area (Å²) in [7, 11) is 1.78. The lowest BCUT2D eigenvalue weighted by Gasteiger charge is -2.31. The van der Waals surface area contributed by atoms with Gasteiger partial charge in [0.25, 0.3) is 5.56 Å². The molecule has 3 N–H and O–H groups in total. The van der Waals surface area contributed by atoms with Gasteiger partial charge in [0.1, 0.15) is 0 Å². The summed E-state index contributed by atoms with van der Waals surface area (Å²) in [6.45, 7) is 6.19. The molecule has 0 aliphatic carbocycles. The number of H-pyrrole nitrogens is 1. The Kier molecular flexibility index (Phi) is 8.32. The number of amides is 1. The van der Waals surface area contributed by atoms with Gasteiger partial charge in [0.05, 0.1) is 5.39 Å². The number of rotatable bonds is 4. The number of hydrogen-bond donors (Lipinski definition) is 2. The lowest BCUT2D eigenvalue weighted by Crippen LogP contribution is -2.40. The van der Waals surface area contributed by atoms with E-state index in [-0.39, 0.29) is 36.3 Å². The Balaban J connectivity index is 0.00000182. The van der Waals surface area contributed by atoms with E-state index in [0.29, 0.717) is 36.3 Å². The summed E-state index contributed by atoms with van der Waals surface area (Å²) in [5.74, 6) is 0.723. The molecule has 1 aliphatic heterocycles. The number of piperidine rings is 1. The average molecular weight is 418 g/mol. The molecule has 1 aliphatic rings. The second kappa shape index (κ2) is 9.57. The number of likely N-dealkylation sites (tertiary alicyclic amines) is 1. The van der Waals surface area contributed by atoms with Crippen LogP contribution in [0, 0.1) is 19.8 Å². The van der Waals surface area contributed by atoms with Crippen LogP contribution in [0.5, 0.6) is 0 Å². The fourth-order valence-electron chi connectivity index (χ4n) is 3.82. The van der Waals surface area contributed by atoms with Gasteiger partial charge in [0.2, 0.25) is 5.91 Å². The minimum atomic E-state index is -0.126. The zero-order chi connectivity index (χ0) is 18.1. The Bertz CT molecular complexity index is 854. The molecule has 1 saturated heterocycles. The first kappa shape index (κ1) is 23.5. The molecular formula is C18H29Cl2N5O2. The van der Waals surface area contributed by atoms with Crippen molar-refractivity contribution in [3.05, 3.63) is 27.2 Å². The highest BCUT2D eigenvalue weighted by molar-refractivity contribution is 5.85. The third kappa shape index (κ3) is 4.65. The molecule has 3 rings (SSSR count). The molecule has 0 bridgehead atoms. The summed E-state index contributed by atoms with van der Waals surface area (Å²) in [5, 5.41) is 3.37. The minimum Gasteiger partial charge on any atom is -0.343 e. The third-order valence-corrected chi connectivity index (χ3v) is 5.47. The number of halogens is 2. The van der Waals surface area contributed by atoms with Gasteiger partial charge in [-0.1, -0.05) is 0 Å². The van der Waals surface area contributed by atoms with Gasteiger partial charge in [-0.05, 0) is 56.7 Å². The van der Waals surface area contributed by atoms with Crippen LogP contribution in [0.3, 0.4) is 0 Å². The molecular weight excluding hydrogens is 389 g/mol. The van der Waals surface area contributed by atoms with Gasteiger partial charge in [-0.3, -0.25) is 19.4 Å². The fourth-order valence-corrected chi connectivity index (χ4v) is 3.82. The molecule has 0 radical (unpaired) electrons. The summed E-state index contributed by atoms with van der Waals surface area (Å²) < 4.78 is 1.65. The Morgan fingerprint density at radius 2 is 1.89 bits per heavy atom. The normalized spacial score (nSPS) is 14.7. The van der Waals surface area contributed by atoms with Crippen LogP contribution in [0.4, 0.5) is 0 Å². The van der Waals surface area contributed by atoms with Crippen molar-refractivity contribution in [2.45, 2.75) is 39.5 Å². The number of carbonyl (C=O) groups is 1. The van der Waals surface area contributed by atoms with Crippen molar-refractivity contribution in [1.82, 2.24) is 19.7 Å². The maximum Gasteiger partial charge on any atom is 0.273 e. The van der Waals surface area contributed by atoms with Crippen LogP contribution in [-0.2, 0) is 18.3 Å². The van der Waals surface area contributed by atoms with Crippen molar-refractivity contribution in [3.8, 4) is 0 Å². The highest BCUT2D eigenvalue weighted by Crippen LogP contribution is 2.22. The second-order valence-corrected chi connectivity index (χ2v) is 7.06. The minimum absolute atomic E-state index is 0. The Morgan fingerprint density at radius 3 is 2.48 bits per heavy atom. The third-order valence-electron chi connectivity index (χ3n) is 5.47. The summed E-state index contributed by atoms with van der Waals surface area (Å²) in [6, 6.07) is 0. The smallest absolute Gasteiger partial charge is 0.273 e. The molecule has 152 valence electrons. The van der Waals surface area contributed by atoms with Gasteiger partial charge in [-0.2, -0.15) is 0 Å². The Labute approximate surface area is 171 Å². The van der Waals surface area contributed by atoms with Crippen LogP contribution >= 0.6 is 24.8 Å². The van der Waals surface area contributed by atoms with Crippen LogP contribution in [0.2, 0.25) is 0 Å². The number of nitrogens with one attached hydrogen (secondary N) is 1. The number of fused-ring (bicyclic) bond motifs is 1. The van der Waals surface area contributed by atoms with Gasteiger partial charge in [0, 0.05) is 32.3 Å². The molecule has 0 unspecified atom stereocenters. The van der Waals surface area contributed by atoms with Gasteiger partial charge in [-0.25, -0.2) is 4.98 Å². The lowest BCUT2D eigenvalue weighted by atomic mass is 9.96. The van der Waals surface area contributed by atoms with E-state index in [0.717, 1.165) is 42.8 Å². The number of nitrogens with zero attached hydrogens (tertiary/aromatic N) is 3. The predicted molar refractivity (Wildman–Crippen MR) is 112 cm³/mol.